The molecular formula is C17H24N2O3. The fourth-order valence-electron chi connectivity index (χ4n) is 2.85. The highest BCUT2D eigenvalue weighted by Gasteiger charge is 2.36. The van der Waals surface area contributed by atoms with Gasteiger partial charge in [0.2, 0.25) is 11.8 Å². The molecule has 5 nitrogen and oxygen atoms in total. The van der Waals surface area contributed by atoms with Crippen molar-refractivity contribution in [3.63, 3.8) is 0 Å². The van der Waals surface area contributed by atoms with Crippen LogP contribution in [0.1, 0.15) is 24.5 Å². The van der Waals surface area contributed by atoms with Crippen LogP contribution in [0.2, 0.25) is 0 Å². The van der Waals surface area contributed by atoms with Crippen molar-refractivity contribution in [3.8, 4) is 0 Å². The second-order valence-electron chi connectivity index (χ2n) is 6.06. The van der Waals surface area contributed by atoms with E-state index in [1.807, 2.05) is 39.0 Å². The molecule has 0 unspecified atom stereocenters. The number of likely N-dealkylation sites (tertiary alicyclic amines) is 1. The van der Waals surface area contributed by atoms with E-state index in [0.717, 1.165) is 16.8 Å². The molecule has 0 aliphatic carbocycles. The van der Waals surface area contributed by atoms with Gasteiger partial charge in [0.15, 0.2) is 0 Å². The molecule has 120 valence electrons. The summed E-state index contributed by atoms with van der Waals surface area (Å²) >= 11 is 0. The Labute approximate surface area is 131 Å². The van der Waals surface area contributed by atoms with Crippen LogP contribution in [-0.4, -0.2) is 43.0 Å². The van der Waals surface area contributed by atoms with E-state index in [-0.39, 0.29) is 30.2 Å². The number of amides is 2. The Hall–Kier alpha value is -1.88. The molecule has 2 atom stereocenters. The fourth-order valence-corrected chi connectivity index (χ4v) is 2.85. The quantitative estimate of drug-likeness (QED) is 0.906. The van der Waals surface area contributed by atoms with Crippen molar-refractivity contribution in [3.05, 3.63) is 29.3 Å². The summed E-state index contributed by atoms with van der Waals surface area (Å²) in [7, 11) is 1.61. The van der Waals surface area contributed by atoms with Crippen LogP contribution >= 0.6 is 0 Å². The predicted octanol–water partition coefficient (Wildman–Crippen LogP) is 2.13. The molecule has 1 aliphatic rings. The standard InChI is InChI=1S/C17H24N2O3/c1-11-5-6-15(12(2)7-11)18-17(21)14-8-16(20)19(9-14)13(3)10-22-4/h5-7,13-14H,8-10H2,1-4H3,(H,18,21)/t13-,14-/m1/s1. The van der Waals surface area contributed by atoms with Gasteiger partial charge in [-0.05, 0) is 32.4 Å². The van der Waals surface area contributed by atoms with Gasteiger partial charge < -0.3 is 15.0 Å². The van der Waals surface area contributed by atoms with Gasteiger partial charge in [0.25, 0.3) is 0 Å². The van der Waals surface area contributed by atoms with Crippen molar-refractivity contribution in [2.24, 2.45) is 5.92 Å². The van der Waals surface area contributed by atoms with E-state index in [9.17, 15) is 9.59 Å². The molecule has 1 heterocycles. The molecule has 1 saturated heterocycles. The maximum absolute atomic E-state index is 12.4. The summed E-state index contributed by atoms with van der Waals surface area (Å²) in [5, 5.41) is 2.94. The summed E-state index contributed by atoms with van der Waals surface area (Å²) in [5.74, 6) is -0.370. The molecular weight excluding hydrogens is 280 g/mol. The number of carbonyl (C=O) groups is 2. The number of methoxy groups -OCH3 is 1. The first-order chi connectivity index (χ1) is 10.4. The van der Waals surface area contributed by atoms with E-state index in [2.05, 4.69) is 5.32 Å². The van der Waals surface area contributed by atoms with Gasteiger partial charge in [-0.25, -0.2) is 0 Å². The summed E-state index contributed by atoms with van der Waals surface area (Å²) in [6, 6.07) is 5.90. The Morgan fingerprint density at radius 1 is 1.45 bits per heavy atom. The van der Waals surface area contributed by atoms with E-state index in [1.165, 1.54) is 0 Å². The number of nitrogens with zero attached hydrogens (tertiary/aromatic N) is 1. The van der Waals surface area contributed by atoms with Gasteiger partial charge >= 0.3 is 0 Å². The number of rotatable bonds is 5. The number of hydrogen-bond donors (Lipinski definition) is 1. The molecule has 0 spiro atoms. The number of carbonyl (C=O) groups excluding carboxylic acids is 2. The highest BCUT2D eigenvalue weighted by atomic mass is 16.5. The molecule has 1 aliphatic heterocycles. The number of anilines is 1. The molecule has 0 saturated carbocycles. The molecule has 5 heteroatoms. The van der Waals surface area contributed by atoms with E-state index in [4.69, 9.17) is 4.74 Å². The fraction of sp³-hybridized carbons (Fsp3) is 0.529. The average molecular weight is 304 g/mol. The van der Waals surface area contributed by atoms with Crippen LogP contribution in [0.25, 0.3) is 0 Å². The Morgan fingerprint density at radius 3 is 2.82 bits per heavy atom. The molecule has 2 amide bonds. The zero-order valence-electron chi connectivity index (χ0n) is 13.7. The van der Waals surface area contributed by atoms with Gasteiger partial charge in [-0.15, -0.1) is 0 Å². The summed E-state index contributed by atoms with van der Waals surface area (Å²) in [6.07, 6.45) is 0.269. The van der Waals surface area contributed by atoms with Crippen molar-refractivity contribution < 1.29 is 14.3 Å². The molecule has 22 heavy (non-hydrogen) atoms. The van der Waals surface area contributed by atoms with Gasteiger partial charge in [0.1, 0.15) is 0 Å². The van der Waals surface area contributed by atoms with Crippen molar-refractivity contribution in [1.82, 2.24) is 4.90 Å². The summed E-state index contributed by atoms with van der Waals surface area (Å²) in [4.78, 5) is 26.2. The molecule has 0 radical (unpaired) electrons. The normalized spacial score (nSPS) is 19.4. The second-order valence-corrected chi connectivity index (χ2v) is 6.06. The summed E-state index contributed by atoms with van der Waals surface area (Å²) < 4.78 is 5.09. The molecule has 0 aromatic heterocycles. The van der Waals surface area contributed by atoms with Gasteiger partial charge in [0.05, 0.1) is 18.6 Å². The van der Waals surface area contributed by atoms with Crippen LogP contribution in [-0.2, 0) is 14.3 Å². The number of hydrogen-bond acceptors (Lipinski definition) is 3. The molecule has 2 rings (SSSR count). The van der Waals surface area contributed by atoms with Crippen LogP contribution in [0.5, 0.6) is 0 Å². The molecule has 1 aromatic carbocycles. The Bertz CT molecular complexity index is 571. The molecule has 0 bridgehead atoms. The lowest BCUT2D eigenvalue weighted by atomic mass is 10.1. The first-order valence-electron chi connectivity index (χ1n) is 7.59. The Kier molecular flexibility index (Phi) is 5.19. The van der Waals surface area contributed by atoms with Gasteiger partial charge in [-0.2, -0.15) is 0 Å². The maximum atomic E-state index is 12.4. The van der Waals surface area contributed by atoms with Gasteiger partial charge in [0, 0.05) is 25.8 Å². The van der Waals surface area contributed by atoms with Gasteiger partial charge in [-0.3, -0.25) is 9.59 Å². The number of nitrogens with one attached hydrogen (secondary N) is 1. The summed E-state index contributed by atoms with van der Waals surface area (Å²) in [6.45, 7) is 6.86. The third-order valence-electron chi connectivity index (χ3n) is 4.11. The minimum Gasteiger partial charge on any atom is -0.383 e. The predicted molar refractivity (Wildman–Crippen MR) is 85.7 cm³/mol. The minimum atomic E-state index is -0.299. The lowest BCUT2D eigenvalue weighted by molar-refractivity contribution is -0.130. The first-order valence-corrected chi connectivity index (χ1v) is 7.59. The van der Waals surface area contributed by atoms with Crippen LogP contribution in [0.15, 0.2) is 18.2 Å². The molecule has 1 N–H and O–H groups in total. The van der Waals surface area contributed by atoms with Crippen molar-refractivity contribution in [1.29, 1.82) is 0 Å². The van der Waals surface area contributed by atoms with Crippen LogP contribution in [0.3, 0.4) is 0 Å². The third kappa shape index (κ3) is 3.65. The largest absolute Gasteiger partial charge is 0.383 e. The zero-order chi connectivity index (χ0) is 16.3. The Morgan fingerprint density at radius 2 is 2.18 bits per heavy atom. The maximum Gasteiger partial charge on any atom is 0.229 e. The minimum absolute atomic E-state index is 0.00332. The summed E-state index contributed by atoms with van der Waals surface area (Å²) in [5.41, 5.74) is 3.00. The monoisotopic (exact) mass is 304 g/mol. The molecule has 1 aromatic rings. The van der Waals surface area contributed by atoms with Crippen molar-refractivity contribution in [2.45, 2.75) is 33.2 Å². The number of ether oxygens (including phenoxy) is 1. The number of benzene rings is 1. The molecule has 1 fully saturated rings. The van der Waals surface area contributed by atoms with Crippen LogP contribution < -0.4 is 5.32 Å². The number of aryl methyl sites for hydroxylation is 2. The zero-order valence-corrected chi connectivity index (χ0v) is 13.7. The highest BCUT2D eigenvalue weighted by Crippen LogP contribution is 2.23. The Balaban J connectivity index is 2.00. The van der Waals surface area contributed by atoms with E-state index in [1.54, 1.807) is 12.0 Å². The third-order valence-corrected chi connectivity index (χ3v) is 4.11. The lowest BCUT2D eigenvalue weighted by Gasteiger charge is -2.24. The van der Waals surface area contributed by atoms with Gasteiger partial charge in [-0.1, -0.05) is 17.7 Å². The van der Waals surface area contributed by atoms with Crippen molar-refractivity contribution in [2.75, 3.05) is 25.6 Å². The smallest absolute Gasteiger partial charge is 0.229 e. The topological polar surface area (TPSA) is 58.6 Å². The van der Waals surface area contributed by atoms with Crippen LogP contribution in [0, 0.1) is 19.8 Å². The highest BCUT2D eigenvalue weighted by molar-refractivity contribution is 5.97. The average Bonchev–Trinajstić information content (AvgIpc) is 2.84. The second kappa shape index (κ2) is 6.92. The van der Waals surface area contributed by atoms with E-state index < -0.39 is 0 Å². The van der Waals surface area contributed by atoms with E-state index in [0.29, 0.717) is 13.2 Å². The van der Waals surface area contributed by atoms with Crippen LogP contribution in [0.4, 0.5) is 5.69 Å². The van der Waals surface area contributed by atoms with E-state index >= 15 is 0 Å². The SMILES string of the molecule is COC[C@@H](C)N1C[C@H](C(=O)Nc2ccc(C)cc2C)CC1=O. The lowest BCUT2D eigenvalue weighted by Crippen LogP contribution is -2.38. The first kappa shape index (κ1) is 16.5. The van der Waals surface area contributed by atoms with Crippen molar-refractivity contribution >= 4 is 17.5 Å².